The van der Waals surface area contributed by atoms with Gasteiger partial charge in [-0.15, -0.1) is 11.8 Å². The van der Waals surface area contributed by atoms with Crippen molar-refractivity contribution < 1.29 is 4.39 Å². The number of pyridine rings is 1. The largest absolute Gasteiger partial charge is 0.216 e. The summed E-state index contributed by atoms with van der Waals surface area (Å²) in [6.45, 7) is 1.72. The monoisotopic (exact) mass is 233 g/mol. The zero-order valence-corrected chi connectivity index (χ0v) is 9.80. The summed E-state index contributed by atoms with van der Waals surface area (Å²) < 4.78 is 13.2. The van der Waals surface area contributed by atoms with Crippen LogP contribution in [-0.4, -0.2) is 4.98 Å². The Labute approximate surface area is 98.7 Å². The number of aryl methyl sites for hydroxylation is 1. The molecule has 0 unspecified atom stereocenters. The minimum Gasteiger partial charge on any atom is -0.213 e. The maximum atomic E-state index is 13.2. The summed E-state index contributed by atoms with van der Waals surface area (Å²) in [4.78, 5) is 3.88. The first-order chi connectivity index (χ1) is 7.75. The molecule has 0 amide bonds. The molecule has 0 saturated carbocycles. The average molecular weight is 233 g/mol. The van der Waals surface area contributed by atoms with Gasteiger partial charge >= 0.3 is 0 Å². The Morgan fingerprint density at radius 3 is 2.56 bits per heavy atom. The Balaban J connectivity index is 2.03. The summed E-state index contributed by atoms with van der Waals surface area (Å²) in [5.74, 6) is 0.439. The van der Waals surface area contributed by atoms with Gasteiger partial charge in [0, 0.05) is 11.3 Å². The van der Waals surface area contributed by atoms with Crippen LogP contribution < -0.4 is 0 Å². The topological polar surface area (TPSA) is 12.9 Å². The van der Waals surface area contributed by atoms with Crippen LogP contribution in [0.2, 0.25) is 0 Å². The van der Waals surface area contributed by atoms with Crippen LogP contribution in [0.15, 0.2) is 47.5 Å². The molecular weight excluding hydrogens is 221 g/mol. The van der Waals surface area contributed by atoms with Crippen molar-refractivity contribution in [2.45, 2.75) is 17.7 Å². The molecule has 16 heavy (non-hydrogen) atoms. The highest BCUT2D eigenvalue weighted by Crippen LogP contribution is 2.21. The van der Waals surface area contributed by atoms with Crippen molar-refractivity contribution in [3.05, 3.63) is 59.5 Å². The van der Waals surface area contributed by atoms with Crippen LogP contribution in [0, 0.1) is 12.9 Å². The van der Waals surface area contributed by atoms with Crippen LogP contribution in [0.1, 0.15) is 11.1 Å². The Morgan fingerprint density at radius 1 is 1.12 bits per heavy atom. The zero-order chi connectivity index (χ0) is 11.4. The number of nitrogens with zero attached hydrogens (tertiary/aromatic N) is 1. The summed E-state index contributed by atoms with van der Waals surface area (Å²) in [7, 11) is 0. The molecule has 0 spiro atoms. The number of halogens is 1. The quantitative estimate of drug-likeness (QED) is 0.590. The van der Waals surface area contributed by atoms with Gasteiger partial charge in [-0.1, -0.05) is 36.4 Å². The highest BCUT2D eigenvalue weighted by atomic mass is 32.2. The lowest BCUT2D eigenvalue weighted by Gasteiger charge is -2.02. The zero-order valence-electron chi connectivity index (χ0n) is 8.98. The molecule has 1 heterocycles. The number of thioether (sulfide) groups is 1. The van der Waals surface area contributed by atoms with Gasteiger partial charge in [0.2, 0.25) is 5.95 Å². The predicted octanol–water partition coefficient (Wildman–Crippen LogP) is 3.82. The highest BCUT2D eigenvalue weighted by molar-refractivity contribution is 7.98. The van der Waals surface area contributed by atoms with E-state index < -0.39 is 0 Å². The first-order valence-corrected chi connectivity index (χ1v) is 6.04. The Bertz CT molecular complexity index is 471. The summed E-state index contributed by atoms with van der Waals surface area (Å²) in [5.41, 5.74) is 1.80. The first kappa shape index (κ1) is 11.1. The lowest BCUT2D eigenvalue weighted by molar-refractivity contribution is 0.563. The third-order valence-corrected chi connectivity index (χ3v) is 3.24. The fourth-order valence-corrected chi connectivity index (χ4v) is 2.12. The molecule has 2 rings (SSSR count). The fraction of sp³-hybridized carbons (Fsp3) is 0.154. The van der Waals surface area contributed by atoms with Crippen LogP contribution in [0.3, 0.4) is 0 Å². The van der Waals surface area contributed by atoms with Crippen LogP contribution >= 0.6 is 11.8 Å². The molecule has 0 radical (unpaired) electrons. The first-order valence-electron chi connectivity index (χ1n) is 5.05. The normalized spacial score (nSPS) is 10.4. The van der Waals surface area contributed by atoms with Crippen molar-refractivity contribution in [2.75, 3.05) is 0 Å². The molecule has 1 aromatic carbocycles. The summed E-state index contributed by atoms with van der Waals surface area (Å²) in [6.07, 6.45) is 0. The number of aromatic nitrogens is 1. The standard InChI is InChI=1S/C13H12FNS/c1-10-7-8-12(15-13(10)14)16-9-11-5-3-2-4-6-11/h2-8H,9H2,1H3. The van der Waals surface area contributed by atoms with Gasteiger partial charge in [0.1, 0.15) is 0 Å². The maximum Gasteiger partial charge on any atom is 0.216 e. The molecule has 0 aliphatic rings. The van der Waals surface area contributed by atoms with Crippen LogP contribution in [0.5, 0.6) is 0 Å². The minimum absolute atomic E-state index is 0.377. The molecule has 0 aliphatic carbocycles. The fourth-order valence-electron chi connectivity index (χ4n) is 1.30. The van der Waals surface area contributed by atoms with Gasteiger partial charge in [0.15, 0.2) is 0 Å². The van der Waals surface area contributed by atoms with E-state index in [1.165, 1.54) is 5.56 Å². The van der Waals surface area contributed by atoms with Crippen molar-refractivity contribution in [1.29, 1.82) is 0 Å². The molecule has 1 aromatic heterocycles. The number of rotatable bonds is 3. The second kappa shape index (κ2) is 5.12. The Hall–Kier alpha value is -1.35. The van der Waals surface area contributed by atoms with E-state index in [9.17, 15) is 4.39 Å². The Morgan fingerprint density at radius 2 is 1.88 bits per heavy atom. The number of hydrogen-bond acceptors (Lipinski definition) is 2. The SMILES string of the molecule is Cc1ccc(SCc2ccccc2)nc1F. The second-order valence-electron chi connectivity index (χ2n) is 3.53. The number of benzene rings is 1. The smallest absolute Gasteiger partial charge is 0.213 e. The van der Waals surface area contributed by atoms with Crippen LogP contribution in [0.25, 0.3) is 0 Å². The molecule has 3 heteroatoms. The lowest BCUT2D eigenvalue weighted by Crippen LogP contribution is -1.90. The third kappa shape index (κ3) is 2.83. The van der Waals surface area contributed by atoms with E-state index in [0.717, 1.165) is 10.8 Å². The van der Waals surface area contributed by atoms with E-state index in [1.54, 1.807) is 24.8 Å². The number of hydrogen-bond donors (Lipinski definition) is 0. The Kier molecular flexibility index (Phi) is 3.57. The molecular formula is C13H12FNS. The second-order valence-corrected chi connectivity index (χ2v) is 4.53. The molecule has 0 saturated heterocycles. The van der Waals surface area contributed by atoms with Crippen molar-refractivity contribution in [3.8, 4) is 0 Å². The average Bonchev–Trinajstić information content (AvgIpc) is 2.32. The van der Waals surface area contributed by atoms with Gasteiger partial charge < -0.3 is 0 Å². The van der Waals surface area contributed by atoms with Gasteiger partial charge in [-0.3, -0.25) is 0 Å². The van der Waals surface area contributed by atoms with E-state index in [4.69, 9.17) is 0 Å². The summed E-state index contributed by atoms with van der Waals surface area (Å²) in [6, 6.07) is 13.7. The van der Waals surface area contributed by atoms with Gasteiger partial charge in [0.05, 0.1) is 5.03 Å². The van der Waals surface area contributed by atoms with Crippen LogP contribution in [0.4, 0.5) is 4.39 Å². The summed E-state index contributed by atoms with van der Waals surface area (Å²) in [5, 5.41) is 0.729. The molecule has 0 fully saturated rings. The molecule has 0 N–H and O–H groups in total. The molecule has 0 bridgehead atoms. The minimum atomic E-state index is -0.377. The van der Waals surface area contributed by atoms with Crippen molar-refractivity contribution in [3.63, 3.8) is 0 Å². The molecule has 1 nitrogen and oxygen atoms in total. The summed E-state index contributed by atoms with van der Waals surface area (Å²) >= 11 is 1.55. The van der Waals surface area contributed by atoms with Gasteiger partial charge in [0.25, 0.3) is 0 Å². The highest BCUT2D eigenvalue weighted by Gasteiger charge is 2.02. The van der Waals surface area contributed by atoms with E-state index in [2.05, 4.69) is 17.1 Å². The van der Waals surface area contributed by atoms with Crippen LogP contribution in [-0.2, 0) is 5.75 Å². The van der Waals surface area contributed by atoms with Crippen molar-refractivity contribution in [1.82, 2.24) is 4.98 Å². The maximum absolute atomic E-state index is 13.2. The lowest BCUT2D eigenvalue weighted by atomic mass is 10.2. The van der Waals surface area contributed by atoms with Crippen molar-refractivity contribution >= 4 is 11.8 Å². The predicted molar refractivity (Wildman–Crippen MR) is 64.9 cm³/mol. The van der Waals surface area contributed by atoms with Crippen molar-refractivity contribution in [2.24, 2.45) is 0 Å². The molecule has 2 aromatic rings. The molecule has 0 atom stereocenters. The third-order valence-electron chi connectivity index (χ3n) is 2.24. The molecule has 0 aliphatic heterocycles. The van der Waals surface area contributed by atoms with E-state index in [0.29, 0.717) is 5.56 Å². The van der Waals surface area contributed by atoms with Gasteiger partial charge in [-0.05, 0) is 18.6 Å². The van der Waals surface area contributed by atoms with Gasteiger partial charge in [-0.25, -0.2) is 4.98 Å². The van der Waals surface area contributed by atoms with Gasteiger partial charge in [-0.2, -0.15) is 4.39 Å². The van der Waals surface area contributed by atoms with E-state index in [-0.39, 0.29) is 5.95 Å². The van der Waals surface area contributed by atoms with E-state index in [1.807, 2.05) is 24.3 Å². The van der Waals surface area contributed by atoms with E-state index >= 15 is 0 Å². The molecule has 82 valence electrons.